The van der Waals surface area contributed by atoms with Gasteiger partial charge in [-0.1, -0.05) is 37.1 Å². The van der Waals surface area contributed by atoms with Gasteiger partial charge in [-0.25, -0.2) is 8.42 Å². The highest BCUT2D eigenvalue weighted by Crippen LogP contribution is 2.28. The normalized spacial score (nSPS) is 22.3. The van der Waals surface area contributed by atoms with E-state index in [0.717, 1.165) is 43.2 Å². The second-order valence-electron chi connectivity index (χ2n) is 6.10. The minimum Gasteiger partial charge on any atom is -0.363 e. The molecule has 0 spiro atoms. The minimum atomic E-state index is -3.60. The predicted octanol–water partition coefficient (Wildman–Crippen LogP) is 1.94. The molecule has 1 fully saturated rings. The first-order chi connectivity index (χ1) is 10.6. The standard InChI is InChI=1S/C16H21NO4S/c18-16(17-22(19,20)11-12-5-1-2-6-12)15-14-8-4-3-7-13(14)9-10-21-15/h3-4,7-8,12,15H,1-2,5-6,9-11H2,(H,17,18). The fourth-order valence-corrected chi connectivity index (χ4v) is 4.80. The van der Waals surface area contributed by atoms with Crippen molar-refractivity contribution in [2.75, 3.05) is 12.4 Å². The van der Waals surface area contributed by atoms with Gasteiger partial charge in [0.15, 0.2) is 6.10 Å². The summed E-state index contributed by atoms with van der Waals surface area (Å²) >= 11 is 0. The second kappa shape index (κ2) is 6.38. The van der Waals surface area contributed by atoms with E-state index in [4.69, 9.17) is 4.74 Å². The molecule has 1 aliphatic heterocycles. The van der Waals surface area contributed by atoms with Crippen LogP contribution in [0.2, 0.25) is 0 Å². The molecule has 1 atom stereocenters. The average molecular weight is 323 g/mol. The van der Waals surface area contributed by atoms with Crippen molar-refractivity contribution in [3.05, 3.63) is 35.4 Å². The number of ether oxygens (including phenoxy) is 1. The monoisotopic (exact) mass is 323 g/mol. The Hall–Kier alpha value is -1.40. The summed E-state index contributed by atoms with van der Waals surface area (Å²) in [5, 5.41) is 0. The Bertz CT molecular complexity index is 650. The van der Waals surface area contributed by atoms with E-state index in [1.807, 2.05) is 24.3 Å². The van der Waals surface area contributed by atoms with Gasteiger partial charge in [0.1, 0.15) is 0 Å². The number of sulfonamides is 1. The van der Waals surface area contributed by atoms with Gasteiger partial charge >= 0.3 is 0 Å². The summed E-state index contributed by atoms with van der Waals surface area (Å²) in [6, 6.07) is 7.52. The summed E-state index contributed by atoms with van der Waals surface area (Å²) in [4.78, 5) is 12.3. The number of amides is 1. The zero-order chi connectivity index (χ0) is 15.6. The van der Waals surface area contributed by atoms with Crippen LogP contribution in [0.4, 0.5) is 0 Å². The number of rotatable bonds is 4. The molecular weight excluding hydrogens is 302 g/mol. The molecule has 22 heavy (non-hydrogen) atoms. The Morgan fingerprint density at radius 3 is 2.73 bits per heavy atom. The summed E-state index contributed by atoms with van der Waals surface area (Å²) in [6.45, 7) is 0.428. The highest BCUT2D eigenvalue weighted by Gasteiger charge is 2.31. The number of hydrogen-bond acceptors (Lipinski definition) is 4. The molecule has 0 radical (unpaired) electrons. The average Bonchev–Trinajstić information content (AvgIpc) is 2.98. The highest BCUT2D eigenvalue weighted by molar-refractivity contribution is 7.90. The van der Waals surface area contributed by atoms with Crippen molar-refractivity contribution in [2.24, 2.45) is 5.92 Å². The molecule has 1 heterocycles. The van der Waals surface area contributed by atoms with Crippen LogP contribution in [-0.4, -0.2) is 26.7 Å². The number of carbonyl (C=O) groups excluding carboxylic acids is 1. The smallest absolute Gasteiger partial charge is 0.267 e. The van der Waals surface area contributed by atoms with E-state index in [1.54, 1.807) is 0 Å². The number of hydrogen-bond donors (Lipinski definition) is 1. The first kappa shape index (κ1) is 15.5. The van der Waals surface area contributed by atoms with Gasteiger partial charge in [-0.3, -0.25) is 9.52 Å². The largest absolute Gasteiger partial charge is 0.363 e. The molecule has 120 valence electrons. The summed E-state index contributed by atoms with van der Waals surface area (Å²) in [7, 11) is -3.60. The lowest BCUT2D eigenvalue weighted by Crippen LogP contribution is -2.39. The molecule has 1 saturated carbocycles. The molecule has 5 nitrogen and oxygen atoms in total. The van der Waals surface area contributed by atoms with Crippen molar-refractivity contribution >= 4 is 15.9 Å². The van der Waals surface area contributed by atoms with E-state index < -0.39 is 22.0 Å². The highest BCUT2D eigenvalue weighted by atomic mass is 32.2. The molecule has 3 rings (SSSR count). The molecular formula is C16H21NO4S. The van der Waals surface area contributed by atoms with E-state index in [-0.39, 0.29) is 11.7 Å². The molecule has 1 aromatic rings. The van der Waals surface area contributed by atoms with Crippen LogP contribution in [0.1, 0.15) is 42.9 Å². The number of carbonyl (C=O) groups is 1. The van der Waals surface area contributed by atoms with Crippen molar-refractivity contribution in [1.29, 1.82) is 0 Å². The van der Waals surface area contributed by atoms with Crippen LogP contribution in [0, 0.1) is 5.92 Å². The lowest BCUT2D eigenvalue weighted by atomic mass is 9.97. The summed E-state index contributed by atoms with van der Waals surface area (Å²) in [5.74, 6) is -0.373. The summed E-state index contributed by atoms with van der Waals surface area (Å²) < 4.78 is 32.0. The molecule has 0 bridgehead atoms. The van der Waals surface area contributed by atoms with Crippen LogP contribution in [-0.2, 0) is 26.0 Å². The van der Waals surface area contributed by atoms with Gasteiger partial charge in [0.25, 0.3) is 5.91 Å². The third-order valence-electron chi connectivity index (χ3n) is 4.42. The van der Waals surface area contributed by atoms with Crippen LogP contribution in [0.5, 0.6) is 0 Å². The van der Waals surface area contributed by atoms with E-state index in [9.17, 15) is 13.2 Å². The van der Waals surface area contributed by atoms with Crippen LogP contribution in [0.3, 0.4) is 0 Å². The fraction of sp³-hybridized carbons (Fsp3) is 0.562. The van der Waals surface area contributed by atoms with Gasteiger partial charge in [-0.2, -0.15) is 0 Å². The van der Waals surface area contributed by atoms with Crippen molar-refractivity contribution in [3.8, 4) is 0 Å². The molecule has 1 aliphatic carbocycles. The van der Waals surface area contributed by atoms with Crippen LogP contribution in [0.25, 0.3) is 0 Å². The molecule has 1 amide bonds. The van der Waals surface area contributed by atoms with Crippen LogP contribution >= 0.6 is 0 Å². The SMILES string of the molecule is O=C(NS(=O)(=O)CC1CCCC1)C1OCCc2ccccc21. The number of fused-ring (bicyclic) bond motifs is 1. The molecule has 6 heteroatoms. The zero-order valence-corrected chi connectivity index (χ0v) is 13.3. The Labute approximate surface area is 131 Å². The van der Waals surface area contributed by atoms with E-state index in [1.165, 1.54) is 0 Å². The Balaban J connectivity index is 1.69. The van der Waals surface area contributed by atoms with Crippen molar-refractivity contribution < 1.29 is 17.9 Å². The molecule has 0 aromatic heterocycles. The number of benzene rings is 1. The van der Waals surface area contributed by atoms with E-state index in [2.05, 4.69) is 4.72 Å². The topological polar surface area (TPSA) is 72.5 Å². The third kappa shape index (κ3) is 3.50. The maximum absolute atomic E-state index is 12.3. The van der Waals surface area contributed by atoms with Gasteiger partial charge in [0, 0.05) is 0 Å². The maximum Gasteiger partial charge on any atom is 0.267 e. The Morgan fingerprint density at radius 1 is 1.23 bits per heavy atom. The van der Waals surface area contributed by atoms with Crippen LogP contribution < -0.4 is 4.72 Å². The van der Waals surface area contributed by atoms with Crippen molar-refractivity contribution in [3.63, 3.8) is 0 Å². The van der Waals surface area contributed by atoms with Crippen molar-refractivity contribution in [2.45, 2.75) is 38.2 Å². The summed E-state index contributed by atoms with van der Waals surface area (Å²) in [5.41, 5.74) is 1.81. The van der Waals surface area contributed by atoms with E-state index in [0.29, 0.717) is 6.61 Å². The lowest BCUT2D eigenvalue weighted by molar-refractivity contribution is -0.132. The fourth-order valence-electron chi connectivity index (χ4n) is 3.35. The van der Waals surface area contributed by atoms with Crippen LogP contribution in [0.15, 0.2) is 24.3 Å². The van der Waals surface area contributed by atoms with Crippen molar-refractivity contribution in [1.82, 2.24) is 4.72 Å². The minimum absolute atomic E-state index is 0.0348. The van der Waals surface area contributed by atoms with Gasteiger partial charge < -0.3 is 4.74 Å². The van der Waals surface area contributed by atoms with Gasteiger partial charge in [-0.05, 0) is 36.3 Å². The Morgan fingerprint density at radius 2 is 1.95 bits per heavy atom. The number of nitrogens with one attached hydrogen (secondary N) is 1. The molecule has 2 aliphatic rings. The van der Waals surface area contributed by atoms with E-state index >= 15 is 0 Å². The second-order valence-corrected chi connectivity index (χ2v) is 7.86. The lowest BCUT2D eigenvalue weighted by Gasteiger charge is -2.25. The Kier molecular flexibility index (Phi) is 4.49. The first-order valence-corrected chi connectivity index (χ1v) is 9.44. The van der Waals surface area contributed by atoms with Gasteiger partial charge in [-0.15, -0.1) is 0 Å². The molecule has 1 aromatic carbocycles. The van der Waals surface area contributed by atoms with Gasteiger partial charge in [0.2, 0.25) is 10.0 Å². The zero-order valence-electron chi connectivity index (χ0n) is 12.5. The summed E-state index contributed by atoms with van der Waals surface area (Å²) in [6.07, 6.45) is 3.92. The predicted molar refractivity (Wildman–Crippen MR) is 82.7 cm³/mol. The third-order valence-corrected chi connectivity index (χ3v) is 5.84. The maximum atomic E-state index is 12.3. The molecule has 1 unspecified atom stereocenters. The van der Waals surface area contributed by atoms with Gasteiger partial charge in [0.05, 0.1) is 12.4 Å². The quantitative estimate of drug-likeness (QED) is 0.919. The molecule has 1 N–H and O–H groups in total. The molecule has 0 saturated heterocycles. The first-order valence-electron chi connectivity index (χ1n) is 7.79.